The lowest BCUT2D eigenvalue weighted by Crippen LogP contribution is -2.38. The third kappa shape index (κ3) is 4.12. The topological polar surface area (TPSA) is 53.7 Å². The van der Waals surface area contributed by atoms with Crippen molar-refractivity contribution in [3.63, 3.8) is 0 Å². The third-order valence-corrected chi connectivity index (χ3v) is 7.26. The first kappa shape index (κ1) is 18.9. The van der Waals surface area contributed by atoms with Gasteiger partial charge in [0.2, 0.25) is 5.91 Å². The molecule has 29 heavy (non-hydrogen) atoms. The predicted molar refractivity (Wildman–Crippen MR) is 114 cm³/mol. The molecule has 6 heteroatoms. The Hall–Kier alpha value is -2.11. The third-order valence-electron chi connectivity index (χ3n) is 7.26. The largest absolute Gasteiger partial charge is 0.370 e. The SMILES string of the molecule is O=C(CCC1CCCC1)N1CCC(c2nc3ccc(N4CCCC4)cn3n2)CC1. The van der Waals surface area contributed by atoms with Crippen LogP contribution in [0.3, 0.4) is 0 Å². The van der Waals surface area contributed by atoms with Crippen LogP contribution in [0.4, 0.5) is 5.69 Å². The number of piperidine rings is 1. The molecule has 2 aromatic rings. The smallest absolute Gasteiger partial charge is 0.222 e. The van der Waals surface area contributed by atoms with E-state index in [1.807, 2.05) is 4.52 Å². The number of carbonyl (C=O) groups excluding carboxylic acids is 1. The molecule has 2 aliphatic heterocycles. The highest BCUT2D eigenvalue weighted by Crippen LogP contribution is 2.30. The van der Waals surface area contributed by atoms with E-state index >= 15 is 0 Å². The number of rotatable bonds is 5. The Morgan fingerprint density at radius 1 is 0.966 bits per heavy atom. The standard InChI is InChI=1S/C23H33N5O/c29-22(10-7-18-5-1-2-6-18)27-15-11-19(12-16-27)23-24-21-9-8-20(17-28(21)25-23)26-13-3-4-14-26/h8-9,17-19H,1-7,10-16H2. The van der Waals surface area contributed by atoms with Gasteiger partial charge in [0.1, 0.15) is 0 Å². The van der Waals surface area contributed by atoms with Crippen molar-refractivity contribution in [3.05, 3.63) is 24.2 Å². The van der Waals surface area contributed by atoms with Gasteiger partial charge in [0.05, 0.1) is 11.9 Å². The molecule has 0 spiro atoms. The molecule has 2 saturated heterocycles. The molecule has 0 unspecified atom stereocenters. The van der Waals surface area contributed by atoms with Crippen LogP contribution in [0.1, 0.15) is 76.0 Å². The Morgan fingerprint density at radius 2 is 1.72 bits per heavy atom. The van der Waals surface area contributed by atoms with Gasteiger partial charge in [-0.25, -0.2) is 9.50 Å². The maximum Gasteiger partial charge on any atom is 0.222 e. The molecular weight excluding hydrogens is 362 g/mol. The number of carbonyl (C=O) groups is 1. The Morgan fingerprint density at radius 3 is 2.48 bits per heavy atom. The molecule has 3 fully saturated rings. The van der Waals surface area contributed by atoms with Crippen molar-refractivity contribution in [1.29, 1.82) is 0 Å². The number of aromatic nitrogens is 3. The van der Waals surface area contributed by atoms with Crippen LogP contribution in [-0.2, 0) is 4.79 Å². The summed E-state index contributed by atoms with van der Waals surface area (Å²) in [5.41, 5.74) is 2.17. The van der Waals surface area contributed by atoms with Crippen molar-refractivity contribution >= 4 is 17.2 Å². The van der Waals surface area contributed by atoms with E-state index in [0.29, 0.717) is 11.8 Å². The van der Waals surface area contributed by atoms with Crippen molar-refractivity contribution in [2.75, 3.05) is 31.1 Å². The fourth-order valence-corrected chi connectivity index (χ4v) is 5.40. The number of fused-ring (bicyclic) bond motifs is 1. The number of hydrogen-bond donors (Lipinski definition) is 0. The van der Waals surface area contributed by atoms with Crippen molar-refractivity contribution in [3.8, 4) is 0 Å². The maximum atomic E-state index is 12.6. The molecule has 1 aliphatic carbocycles. The van der Waals surface area contributed by atoms with E-state index in [0.717, 1.165) is 69.3 Å². The van der Waals surface area contributed by atoms with E-state index in [2.05, 4.69) is 28.1 Å². The van der Waals surface area contributed by atoms with E-state index in [-0.39, 0.29) is 0 Å². The molecular formula is C23H33N5O. The number of anilines is 1. The molecule has 0 atom stereocenters. The van der Waals surface area contributed by atoms with Crippen LogP contribution in [0, 0.1) is 5.92 Å². The highest BCUT2D eigenvalue weighted by molar-refractivity contribution is 5.76. The number of hydrogen-bond acceptors (Lipinski definition) is 4. The molecule has 0 aromatic carbocycles. The summed E-state index contributed by atoms with van der Waals surface area (Å²) in [6.07, 6.45) is 13.8. The fraction of sp³-hybridized carbons (Fsp3) is 0.696. The first-order chi connectivity index (χ1) is 14.3. The summed E-state index contributed by atoms with van der Waals surface area (Å²) >= 11 is 0. The molecule has 4 heterocycles. The Labute approximate surface area is 173 Å². The second-order valence-electron chi connectivity index (χ2n) is 9.20. The Bertz CT molecular complexity index is 842. The van der Waals surface area contributed by atoms with Crippen molar-refractivity contribution < 1.29 is 4.79 Å². The molecule has 1 amide bonds. The van der Waals surface area contributed by atoms with Crippen LogP contribution < -0.4 is 4.90 Å². The Kier molecular flexibility index (Phi) is 5.42. The zero-order chi connectivity index (χ0) is 19.6. The van der Waals surface area contributed by atoms with Gasteiger partial charge in [-0.3, -0.25) is 4.79 Å². The predicted octanol–water partition coefficient (Wildman–Crippen LogP) is 4.01. The first-order valence-corrected chi connectivity index (χ1v) is 11.7. The molecule has 0 bridgehead atoms. The minimum atomic E-state index is 0.355. The van der Waals surface area contributed by atoms with Crippen LogP contribution in [0.5, 0.6) is 0 Å². The van der Waals surface area contributed by atoms with Gasteiger partial charge >= 0.3 is 0 Å². The van der Waals surface area contributed by atoms with Crippen molar-refractivity contribution in [2.45, 2.75) is 70.1 Å². The zero-order valence-corrected chi connectivity index (χ0v) is 17.4. The fourth-order valence-electron chi connectivity index (χ4n) is 5.40. The molecule has 156 valence electrons. The molecule has 6 nitrogen and oxygen atoms in total. The second-order valence-corrected chi connectivity index (χ2v) is 9.20. The Balaban J connectivity index is 1.18. The average molecular weight is 396 g/mol. The lowest BCUT2D eigenvalue weighted by molar-refractivity contribution is -0.132. The summed E-state index contributed by atoms with van der Waals surface area (Å²) in [5.74, 6) is 2.46. The molecule has 1 saturated carbocycles. The van der Waals surface area contributed by atoms with E-state index in [1.165, 1.54) is 44.2 Å². The summed E-state index contributed by atoms with van der Waals surface area (Å²) < 4.78 is 1.95. The molecule has 0 radical (unpaired) electrons. The van der Waals surface area contributed by atoms with Gasteiger partial charge in [-0.1, -0.05) is 25.7 Å². The van der Waals surface area contributed by atoms with Gasteiger partial charge in [-0.05, 0) is 50.2 Å². The van der Waals surface area contributed by atoms with E-state index in [1.54, 1.807) is 0 Å². The zero-order valence-electron chi connectivity index (χ0n) is 17.4. The van der Waals surface area contributed by atoms with Gasteiger partial charge < -0.3 is 9.80 Å². The number of likely N-dealkylation sites (tertiary alicyclic amines) is 1. The van der Waals surface area contributed by atoms with Crippen LogP contribution in [0.25, 0.3) is 5.65 Å². The van der Waals surface area contributed by atoms with Gasteiger partial charge in [-0.15, -0.1) is 0 Å². The quantitative estimate of drug-likeness (QED) is 0.768. The van der Waals surface area contributed by atoms with Crippen LogP contribution >= 0.6 is 0 Å². The first-order valence-electron chi connectivity index (χ1n) is 11.7. The summed E-state index contributed by atoms with van der Waals surface area (Å²) in [4.78, 5) is 21.9. The summed E-state index contributed by atoms with van der Waals surface area (Å²) in [5, 5.41) is 4.80. The summed E-state index contributed by atoms with van der Waals surface area (Å²) in [7, 11) is 0. The van der Waals surface area contributed by atoms with Gasteiger partial charge in [0.15, 0.2) is 11.5 Å². The minimum absolute atomic E-state index is 0.355. The lowest BCUT2D eigenvalue weighted by Gasteiger charge is -2.31. The number of nitrogens with zero attached hydrogens (tertiary/aromatic N) is 5. The highest BCUT2D eigenvalue weighted by atomic mass is 16.2. The lowest BCUT2D eigenvalue weighted by atomic mass is 9.95. The van der Waals surface area contributed by atoms with Crippen LogP contribution in [0.2, 0.25) is 0 Å². The van der Waals surface area contributed by atoms with E-state index in [9.17, 15) is 4.79 Å². The second kappa shape index (κ2) is 8.33. The molecule has 3 aliphatic rings. The summed E-state index contributed by atoms with van der Waals surface area (Å²) in [6.45, 7) is 3.98. The van der Waals surface area contributed by atoms with Gasteiger partial charge in [0, 0.05) is 38.5 Å². The van der Waals surface area contributed by atoms with Gasteiger partial charge in [0.25, 0.3) is 0 Å². The van der Waals surface area contributed by atoms with Gasteiger partial charge in [-0.2, -0.15) is 5.10 Å². The van der Waals surface area contributed by atoms with Crippen molar-refractivity contribution in [1.82, 2.24) is 19.5 Å². The van der Waals surface area contributed by atoms with E-state index < -0.39 is 0 Å². The van der Waals surface area contributed by atoms with E-state index in [4.69, 9.17) is 10.1 Å². The maximum absolute atomic E-state index is 12.6. The van der Waals surface area contributed by atoms with Crippen LogP contribution in [-0.4, -0.2) is 51.6 Å². The highest BCUT2D eigenvalue weighted by Gasteiger charge is 2.27. The van der Waals surface area contributed by atoms with Crippen molar-refractivity contribution in [2.24, 2.45) is 5.92 Å². The number of pyridine rings is 1. The minimum Gasteiger partial charge on any atom is -0.370 e. The monoisotopic (exact) mass is 395 g/mol. The van der Waals surface area contributed by atoms with Crippen LogP contribution in [0.15, 0.2) is 18.3 Å². The average Bonchev–Trinajstić information content (AvgIpc) is 3.53. The summed E-state index contributed by atoms with van der Waals surface area (Å²) in [6, 6.07) is 4.26. The molecule has 0 N–H and O–H groups in total. The normalized spacial score (nSPS) is 21.5. The number of amides is 1. The molecule has 2 aromatic heterocycles. The molecule has 5 rings (SSSR count).